The summed E-state index contributed by atoms with van der Waals surface area (Å²) in [6.45, 7) is 2.25. The summed E-state index contributed by atoms with van der Waals surface area (Å²) in [5.74, 6) is 0. The molecule has 0 aliphatic carbocycles. The first-order chi connectivity index (χ1) is 6.38. The van der Waals surface area contributed by atoms with E-state index in [0.717, 1.165) is 5.56 Å². The summed E-state index contributed by atoms with van der Waals surface area (Å²) < 4.78 is 0. The standard InChI is InChI=1S/C10H13NO2/c1-2-13-11-10(8-12)9-6-4-3-5-7-9/h3-7,12H,2,8H2,1H3. The predicted octanol–water partition coefficient (Wildman–Crippen LogP) is 1.42. The molecule has 13 heavy (non-hydrogen) atoms. The van der Waals surface area contributed by atoms with Crippen molar-refractivity contribution in [3.05, 3.63) is 35.9 Å². The minimum atomic E-state index is -0.107. The van der Waals surface area contributed by atoms with Crippen LogP contribution in [0.25, 0.3) is 0 Å². The van der Waals surface area contributed by atoms with Gasteiger partial charge in [0.1, 0.15) is 12.3 Å². The van der Waals surface area contributed by atoms with E-state index in [2.05, 4.69) is 5.16 Å². The summed E-state index contributed by atoms with van der Waals surface area (Å²) in [5.41, 5.74) is 1.45. The van der Waals surface area contributed by atoms with E-state index in [-0.39, 0.29) is 6.61 Å². The number of aliphatic hydroxyl groups excluding tert-OH is 1. The molecule has 0 bridgehead atoms. The van der Waals surface area contributed by atoms with Crippen molar-refractivity contribution in [1.82, 2.24) is 0 Å². The van der Waals surface area contributed by atoms with E-state index in [4.69, 9.17) is 9.94 Å². The number of hydrogen-bond donors (Lipinski definition) is 1. The Balaban J connectivity index is 2.78. The summed E-state index contributed by atoms with van der Waals surface area (Å²) in [4.78, 5) is 4.87. The first-order valence-corrected chi connectivity index (χ1v) is 4.23. The van der Waals surface area contributed by atoms with Crippen LogP contribution in [0.15, 0.2) is 35.5 Å². The zero-order chi connectivity index (χ0) is 9.52. The van der Waals surface area contributed by atoms with E-state index in [1.54, 1.807) is 0 Å². The molecule has 0 aliphatic rings. The fourth-order valence-corrected chi connectivity index (χ4v) is 0.946. The Labute approximate surface area is 77.6 Å². The van der Waals surface area contributed by atoms with Crippen LogP contribution in [0.4, 0.5) is 0 Å². The number of hydrogen-bond acceptors (Lipinski definition) is 3. The van der Waals surface area contributed by atoms with Crippen molar-refractivity contribution in [2.24, 2.45) is 5.16 Å². The number of nitrogens with zero attached hydrogens (tertiary/aromatic N) is 1. The van der Waals surface area contributed by atoms with Crippen LogP contribution in [0, 0.1) is 0 Å². The summed E-state index contributed by atoms with van der Waals surface area (Å²) in [6.07, 6.45) is 0. The lowest BCUT2D eigenvalue weighted by Crippen LogP contribution is -2.07. The molecule has 0 spiro atoms. The van der Waals surface area contributed by atoms with E-state index in [1.165, 1.54) is 0 Å². The Morgan fingerprint density at radius 3 is 2.62 bits per heavy atom. The summed E-state index contributed by atoms with van der Waals surface area (Å²) >= 11 is 0. The van der Waals surface area contributed by atoms with Gasteiger partial charge in [-0.3, -0.25) is 0 Å². The number of rotatable bonds is 4. The molecular formula is C10H13NO2. The molecule has 0 saturated carbocycles. The zero-order valence-electron chi connectivity index (χ0n) is 7.60. The van der Waals surface area contributed by atoms with Crippen LogP contribution < -0.4 is 0 Å². The summed E-state index contributed by atoms with van der Waals surface area (Å²) in [6, 6.07) is 9.47. The Morgan fingerprint density at radius 2 is 2.08 bits per heavy atom. The smallest absolute Gasteiger partial charge is 0.114 e. The quantitative estimate of drug-likeness (QED) is 0.561. The highest BCUT2D eigenvalue weighted by molar-refractivity contribution is 6.00. The summed E-state index contributed by atoms with van der Waals surface area (Å²) in [5, 5.41) is 12.8. The van der Waals surface area contributed by atoms with Gasteiger partial charge < -0.3 is 9.94 Å². The van der Waals surface area contributed by atoms with Crippen molar-refractivity contribution in [3.63, 3.8) is 0 Å². The SMILES string of the molecule is CCON=C(CO)c1ccccc1. The molecule has 0 amide bonds. The molecule has 0 radical (unpaired) electrons. The molecule has 0 saturated heterocycles. The average Bonchev–Trinajstić information content (AvgIpc) is 2.21. The largest absolute Gasteiger partial charge is 0.396 e. The van der Waals surface area contributed by atoms with E-state index in [0.29, 0.717) is 12.3 Å². The van der Waals surface area contributed by atoms with Crippen LogP contribution in [-0.2, 0) is 4.84 Å². The van der Waals surface area contributed by atoms with Gasteiger partial charge >= 0.3 is 0 Å². The molecule has 0 heterocycles. The molecule has 0 aromatic heterocycles. The highest BCUT2D eigenvalue weighted by atomic mass is 16.6. The normalized spacial score (nSPS) is 11.4. The topological polar surface area (TPSA) is 41.8 Å². The first-order valence-electron chi connectivity index (χ1n) is 4.23. The third-order valence-electron chi connectivity index (χ3n) is 1.56. The highest BCUT2D eigenvalue weighted by Gasteiger charge is 2.00. The molecule has 70 valence electrons. The molecule has 3 heteroatoms. The second kappa shape index (κ2) is 5.32. The third-order valence-corrected chi connectivity index (χ3v) is 1.56. The maximum Gasteiger partial charge on any atom is 0.114 e. The predicted molar refractivity (Wildman–Crippen MR) is 51.7 cm³/mol. The molecule has 0 aliphatic heterocycles. The van der Waals surface area contributed by atoms with Gasteiger partial charge in [0.2, 0.25) is 0 Å². The van der Waals surface area contributed by atoms with Crippen LogP contribution >= 0.6 is 0 Å². The van der Waals surface area contributed by atoms with Crippen LogP contribution in [-0.4, -0.2) is 24.0 Å². The lowest BCUT2D eigenvalue weighted by atomic mass is 10.1. The Bertz CT molecular complexity index is 270. The van der Waals surface area contributed by atoms with Gasteiger partial charge in [-0.05, 0) is 6.92 Å². The monoisotopic (exact) mass is 179 g/mol. The molecule has 1 rings (SSSR count). The second-order valence-corrected chi connectivity index (χ2v) is 2.48. The Hall–Kier alpha value is -1.35. The number of aliphatic hydroxyl groups is 1. The minimum Gasteiger partial charge on any atom is -0.396 e. The molecular weight excluding hydrogens is 166 g/mol. The van der Waals surface area contributed by atoms with Crippen LogP contribution in [0.2, 0.25) is 0 Å². The van der Waals surface area contributed by atoms with Crippen molar-refractivity contribution < 1.29 is 9.94 Å². The number of benzene rings is 1. The van der Waals surface area contributed by atoms with E-state index >= 15 is 0 Å². The van der Waals surface area contributed by atoms with Crippen molar-refractivity contribution in [2.45, 2.75) is 6.92 Å². The van der Waals surface area contributed by atoms with Gasteiger partial charge in [0.05, 0.1) is 6.61 Å². The van der Waals surface area contributed by atoms with Crippen LogP contribution in [0.1, 0.15) is 12.5 Å². The average molecular weight is 179 g/mol. The van der Waals surface area contributed by atoms with Gasteiger partial charge in [-0.15, -0.1) is 0 Å². The lowest BCUT2D eigenvalue weighted by Gasteiger charge is -2.01. The van der Waals surface area contributed by atoms with E-state index in [1.807, 2.05) is 37.3 Å². The Kier molecular flexibility index (Phi) is 3.99. The van der Waals surface area contributed by atoms with Crippen molar-refractivity contribution in [3.8, 4) is 0 Å². The number of oxime groups is 1. The molecule has 0 atom stereocenters. The minimum absolute atomic E-state index is 0.107. The molecule has 0 fully saturated rings. The van der Waals surface area contributed by atoms with Crippen LogP contribution in [0.3, 0.4) is 0 Å². The molecule has 1 aromatic rings. The molecule has 1 N–H and O–H groups in total. The molecule has 1 aromatic carbocycles. The maximum atomic E-state index is 9.00. The third kappa shape index (κ3) is 2.87. The van der Waals surface area contributed by atoms with Gasteiger partial charge in [-0.25, -0.2) is 0 Å². The molecule has 3 nitrogen and oxygen atoms in total. The second-order valence-electron chi connectivity index (χ2n) is 2.48. The van der Waals surface area contributed by atoms with Gasteiger partial charge in [-0.2, -0.15) is 0 Å². The van der Waals surface area contributed by atoms with Crippen molar-refractivity contribution >= 4 is 5.71 Å². The van der Waals surface area contributed by atoms with Crippen molar-refractivity contribution in [1.29, 1.82) is 0 Å². The van der Waals surface area contributed by atoms with Gasteiger partial charge in [0.15, 0.2) is 0 Å². The molecule has 0 unspecified atom stereocenters. The van der Waals surface area contributed by atoms with Gasteiger partial charge in [0.25, 0.3) is 0 Å². The van der Waals surface area contributed by atoms with Gasteiger partial charge in [0, 0.05) is 5.56 Å². The van der Waals surface area contributed by atoms with Gasteiger partial charge in [-0.1, -0.05) is 35.5 Å². The Morgan fingerprint density at radius 1 is 1.38 bits per heavy atom. The fraction of sp³-hybridized carbons (Fsp3) is 0.300. The summed E-state index contributed by atoms with van der Waals surface area (Å²) in [7, 11) is 0. The lowest BCUT2D eigenvalue weighted by molar-refractivity contribution is 0.156. The maximum absolute atomic E-state index is 9.00. The van der Waals surface area contributed by atoms with E-state index < -0.39 is 0 Å². The highest BCUT2D eigenvalue weighted by Crippen LogP contribution is 2.01. The fourth-order valence-electron chi connectivity index (χ4n) is 0.946. The van der Waals surface area contributed by atoms with Crippen molar-refractivity contribution in [2.75, 3.05) is 13.2 Å². The van der Waals surface area contributed by atoms with E-state index in [9.17, 15) is 0 Å². The van der Waals surface area contributed by atoms with Crippen LogP contribution in [0.5, 0.6) is 0 Å². The first kappa shape index (κ1) is 9.74. The zero-order valence-corrected chi connectivity index (χ0v) is 7.60.